The Hall–Kier alpha value is -2.17. The Kier molecular flexibility index (Phi) is 4.20. The van der Waals surface area contributed by atoms with E-state index >= 15 is 0 Å². The predicted molar refractivity (Wildman–Crippen MR) is 77.2 cm³/mol. The van der Waals surface area contributed by atoms with Gasteiger partial charge in [0, 0.05) is 0 Å². The van der Waals surface area contributed by atoms with E-state index in [0.717, 1.165) is 5.56 Å². The summed E-state index contributed by atoms with van der Waals surface area (Å²) in [6.07, 6.45) is 2.92. The van der Waals surface area contributed by atoms with Crippen LogP contribution in [0.25, 0.3) is 5.57 Å². The minimum Gasteiger partial charge on any atom is -0.203 e. The average molecular weight is 324 g/mol. The van der Waals surface area contributed by atoms with Crippen LogP contribution in [0.15, 0.2) is 36.4 Å². The molecule has 0 fully saturated rings. The van der Waals surface area contributed by atoms with E-state index in [0.29, 0.717) is 12.8 Å². The zero-order valence-electron chi connectivity index (χ0n) is 12.1. The van der Waals surface area contributed by atoms with E-state index in [1.807, 2.05) is 30.3 Å². The third kappa shape index (κ3) is 2.76. The lowest BCUT2D eigenvalue weighted by Crippen LogP contribution is -2.10. The first-order chi connectivity index (χ1) is 11.0. The predicted octanol–water partition coefficient (Wildman–Crippen LogP) is 5.73. The fourth-order valence-corrected chi connectivity index (χ4v) is 2.98. The quantitative estimate of drug-likeness (QED) is 0.376. The molecule has 0 heterocycles. The van der Waals surface area contributed by atoms with Gasteiger partial charge in [0.2, 0.25) is 5.82 Å². The lowest BCUT2D eigenvalue weighted by atomic mass is 9.82. The zero-order valence-corrected chi connectivity index (χ0v) is 12.1. The third-order valence-electron chi connectivity index (χ3n) is 4.21. The molecule has 0 saturated carbocycles. The first-order valence-corrected chi connectivity index (χ1v) is 7.26. The van der Waals surface area contributed by atoms with Crippen molar-refractivity contribution in [3.63, 3.8) is 0 Å². The maximum absolute atomic E-state index is 13.8. The number of hydrogen-bond acceptors (Lipinski definition) is 0. The van der Waals surface area contributed by atoms with Crippen LogP contribution in [0.4, 0.5) is 22.0 Å². The van der Waals surface area contributed by atoms with Crippen molar-refractivity contribution in [1.29, 1.82) is 0 Å². The van der Waals surface area contributed by atoms with Crippen molar-refractivity contribution in [1.82, 2.24) is 0 Å². The van der Waals surface area contributed by atoms with Gasteiger partial charge in [-0.1, -0.05) is 36.4 Å². The van der Waals surface area contributed by atoms with E-state index in [2.05, 4.69) is 0 Å². The molecule has 0 saturated heterocycles. The lowest BCUT2D eigenvalue weighted by molar-refractivity contribution is 0.375. The summed E-state index contributed by atoms with van der Waals surface area (Å²) < 4.78 is 67.4. The largest absolute Gasteiger partial charge is 0.203 e. The van der Waals surface area contributed by atoms with Crippen molar-refractivity contribution in [3.05, 3.63) is 76.6 Å². The third-order valence-corrected chi connectivity index (χ3v) is 4.21. The molecule has 0 aromatic heterocycles. The molecule has 23 heavy (non-hydrogen) atoms. The smallest absolute Gasteiger partial charge is 0.200 e. The van der Waals surface area contributed by atoms with Crippen molar-refractivity contribution < 1.29 is 22.0 Å². The highest BCUT2D eigenvalue weighted by Crippen LogP contribution is 2.38. The van der Waals surface area contributed by atoms with Gasteiger partial charge in [-0.15, -0.1) is 0 Å². The molecule has 5 heteroatoms. The highest BCUT2D eigenvalue weighted by Gasteiger charge is 2.29. The fourth-order valence-electron chi connectivity index (χ4n) is 2.98. The van der Waals surface area contributed by atoms with Crippen molar-refractivity contribution in [2.24, 2.45) is 0 Å². The van der Waals surface area contributed by atoms with Gasteiger partial charge in [-0.25, -0.2) is 22.0 Å². The molecule has 0 bridgehead atoms. The molecule has 1 aliphatic carbocycles. The Morgan fingerprint density at radius 1 is 0.739 bits per heavy atom. The van der Waals surface area contributed by atoms with Gasteiger partial charge in [0.05, 0.1) is 5.56 Å². The molecule has 0 spiro atoms. The summed E-state index contributed by atoms with van der Waals surface area (Å²) in [7, 11) is 0. The van der Waals surface area contributed by atoms with Crippen LogP contribution >= 0.6 is 0 Å². The molecule has 0 aliphatic heterocycles. The van der Waals surface area contributed by atoms with E-state index in [1.165, 1.54) is 0 Å². The Bertz CT molecular complexity index is 736. The van der Waals surface area contributed by atoms with E-state index in [-0.39, 0.29) is 17.9 Å². The second-order valence-electron chi connectivity index (χ2n) is 5.56. The van der Waals surface area contributed by atoms with Crippen LogP contribution in [-0.2, 0) is 0 Å². The number of rotatable bonds is 2. The monoisotopic (exact) mass is 324 g/mol. The molecule has 2 aromatic carbocycles. The molecule has 1 atom stereocenters. The Morgan fingerprint density at radius 3 is 1.83 bits per heavy atom. The number of halogens is 5. The molecule has 0 radical (unpaired) electrons. The first kappa shape index (κ1) is 15.7. The molecular formula is C18H13F5. The van der Waals surface area contributed by atoms with Gasteiger partial charge in [0.25, 0.3) is 0 Å². The van der Waals surface area contributed by atoms with Crippen LogP contribution in [0.1, 0.15) is 36.3 Å². The van der Waals surface area contributed by atoms with Crippen LogP contribution in [-0.4, -0.2) is 0 Å². The Labute approximate surface area is 130 Å². The second kappa shape index (κ2) is 6.14. The molecule has 0 N–H and O–H groups in total. The highest BCUT2D eigenvalue weighted by molar-refractivity contribution is 5.68. The topological polar surface area (TPSA) is 0 Å². The van der Waals surface area contributed by atoms with Gasteiger partial charge < -0.3 is 0 Å². The molecule has 1 aliphatic rings. The Balaban J connectivity index is 1.95. The molecule has 120 valence electrons. The van der Waals surface area contributed by atoms with E-state index < -0.39 is 34.6 Å². The summed E-state index contributed by atoms with van der Waals surface area (Å²) in [5.41, 5.74) is 0.470. The standard InChI is InChI=1S/C18H13F5/c19-14-13(15(20)17(22)18(23)16(14)21)12-8-6-11(7-9-12)10-4-2-1-3-5-10/h1-5,8,11H,6-7,9H2. The number of benzene rings is 2. The zero-order chi connectivity index (χ0) is 16.6. The van der Waals surface area contributed by atoms with E-state index in [1.54, 1.807) is 6.08 Å². The summed E-state index contributed by atoms with van der Waals surface area (Å²) in [4.78, 5) is 0. The molecule has 1 unspecified atom stereocenters. The molecule has 0 nitrogen and oxygen atoms in total. The maximum atomic E-state index is 13.8. The lowest BCUT2D eigenvalue weighted by Gasteiger charge is -2.23. The van der Waals surface area contributed by atoms with Gasteiger partial charge in [0.1, 0.15) is 0 Å². The summed E-state index contributed by atoms with van der Waals surface area (Å²) in [5, 5.41) is 0. The van der Waals surface area contributed by atoms with Crippen LogP contribution in [0.2, 0.25) is 0 Å². The van der Waals surface area contributed by atoms with Crippen LogP contribution in [0.3, 0.4) is 0 Å². The average Bonchev–Trinajstić information content (AvgIpc) is 2.60. The van der Waals surface area contributed by atoms with Crippen LogP contribution in [0, 0.1) is 29.1 Å². The molecule has 2 aromatic rings. The van der Waals surface area contributed by atoms with Gasteiger partial charge in [-0.3, -0.25) is 0 Å². The van der Waals surface area contributed by atoms with Gasteiger partial charge >= 0.3 is 0 Å². The number of allylic oxidation sites excluding steroid dienone is 2. The van der Waals surface area contributed by atoms with Gasteiger partial charge in [0.15, 0.2) is 23.3 Å². The summed E-state index contributed by atoms with van der Waals surface area (Å²) in [6.45, 7) is 0. The van der Waals surface area contributed by atoms with Crippen LogP contribution < -0.4 is 0 Å². The normalized spacial score (nSPS) is 18.0. The van der Waals surface area contributed by atoms with Crippen LogP contribution in [0.5, 0.6) is 0 Å². The summed E-state index contributed by atoms with van der Waals surface area (Å²) in [6, 6.07) is 9.61. The maximum Gasteiger partial charge on any atom is 0.200 e. The van der Waals surface area contributed by atoms with E-state index in [9.17, 15) is 22.0 Å². The summed E-state index contributed by atoms with van der Waals surface area (Å²) >= 11 is 0. The highest BCUT2D eigenvalue weighted by atomic mass is 19.2. The first-order valence-electron chi connectivity index (χ1n) is 7.26. The SMILES string of the molecule is Fc1c(F)c(F)c(C2=CCC(c3ccccc3)CC2)c(F)c1F. The minimum atomic E-state index is -2.12. The molecule has 3 rings (SSSR count). The van der Waals surface area contributed by atoms with Crippen molar-refractivity contribution in [2.45, 2.75) is 25.2 Å². The molecular weight excluding hydrogens is 311 g/mol. The summed E-state index contributed by atoms with van der Waals surface area (Å²) in [5.74, 6) is -9.25. The number of hydrogen-bond donors (Lipinski definition) is 0. The second-order valence-corrected chi connectivity index (χ2v) is 5.56. The van der Waals surface area contributed by atoms with Gasteiger partial charge in [-0.2, -0.15) is 0 Å². The van der Waals surface area contributed by atoms with Gasteiger partial charge in [-0.05, 0) is 36.3 Å². The van der Waals surface area contributed by atoms with Crippen molar-refractivity contribution >= 4 is 5.57 Å². The molecule has 0 amide bonds. The van der Waals surface area contributed by atoms with E-state index in [4.69, 9.17) is 0 Å². The minimum absolute atomic E-state index is 0.171. The van der Waals surface area contributed by atoms with Crippen molar-refractivity contribution in [2.75, 3.05) is 0 Å². The van der Waals surface area contributed by atoms with Crippen molar-refractivity contribution in [3.8, 4) is 0 Å². The Morgan fingerprint density at radius 2 is 1.30 bits per heavy atom. The fraction of sp³-hybridized carbons (Fsp3) is 0.222.